The first-order chi connectivity index (χ1) is 17.9. The van der Waals surface area contributed by atoms with Crippen LogP contribution in [0.4, 0.5) is 0 Å². The number of hydrogen-bond acceptors (Lipinski definition) is 3. The van der Waals surface area contributed by atoms with E-state index in [1.165, 1.54) is 96.3 Å². The third-order valence-electron chi connectivity index (χ3n) is 6.73. The van der Waals surface area contributed by atoms with E-state index in [1.807, 2.05) is 30.3 Å². The van der Waals surface area contributed by atoms with Crippen LogP contribution >= 0.6 is 23.5 Å². The van der Waals surface area contributed by atoms with Crippen molar-refractivity contribution in [3.63, 3.8) is 0 Å². The summed E-state index contributed by atoms with van der Waals surface area (Å²) < 4.78 is 23.3. The fourth-order valence-corrected chi connectivity index (χ4v) is 6.77. The van der Waals surface area contributed by atoms with Gasteiger partial charge in [-0.15, -0.1) is 0 Å². The molecule has 0 radical (unpaired) electrons. The van der Waals surface area contributed by atoms with Crippen molar-refractivity contribution in [3.05, 3.63) is 35.9 Å². The third kappa shape index (κ3) is 23.4. The molecule has 0 saturated carbocycles. The molecule has 1 rings (SSSR count). The highest BCUT2D eigenvalue weighted by Crippen LogP contribution is 2.38. The van der Waals surface area contributed by atoms with Crippen molar-refractivity contribution in [2.75, 3.05) is 19.4 Å². The Kier molecular flexibility index (Phi) is 22.2. The standard InChI is InChI=1S/C30H54BrO5P/c1-2-3-4-5-6-7-8-9-10-11-12-13-14-15-16-20-23-35-26-30(24-29(31)27-37(32,33)34)36-25-28-21-18-17-19-22-28/h17-19,21-22,29-30H,2-16,20,23-27H2,1H3,(H2,32,33,34). The Morgan fingerprint density at radius 3 is 1.76 bits per heavy atom. The lowest BCUT2D eigenvalue weighted by Gasteiger charge is -2.21. The van der Waals surface area contributed by atoms with E-state index in [4.69, 9.17) is 9.47 Å². The Morgan fingerprint density at radius 2 is 1.27 bits per heavy atom. The Labute approximate surface area is 235 Å². The molecular formula is C30H54BrO5P. The number of alkyl halides is 1. The number of hydrogen-bond donors (Lipinski definition) is 2. The van der Waals surface area contributed by atoms with Crippen molar-refractivity contribution >= 4 is 23.5 Å². The van der Waals surface area contributed by atoms with Gasteiger partial charge in [0.1, 0.15) is 0 Å². The van der Waals surface area contributed by atoms with Crippen molar-refractivity contribution in [2.24, 2.45) is 0 Å². The zero-order valence-electron chi connectivity index (χ0n) is 23.3. The Balaban J connectivity index is 2.04. The zero-order valence-corrected chi connectivity index (χ0v) is 25.8. The van der Waals surface area contributed by atoms with E-state index >= 15 is 0 Å². The summed E-state index contributed by atoms with van der Waals surface area (Å²) in [5.74, 6) is 0. The van der Waals surface area contributed by atoms with Gasteiger partial charge in [-0.3, -0.25) is 4.57 Å². The molecule has 1 aromatic rings. The summed E-state index contributed by atoms with van der Waals surface area (Å²) >= 11 is 3.41. The van der Waals surface area contributed by atoms with E-state index in [2.05, 4.69) is 22.9 Å². The summed E-state index contributed by atoms with van der Waals surface area (Å²) in [6.45, 7) is 3.88. The molecule has 7 heteroatoms. The molecule has 2 atom stereocenters. The van der Waals surface area contributed by atoms with E-state index in [-0.39, 0.29) is 17.1 Å². The average molecular weight is 606 g/mol. The maximum atomic E-state index is 11.3. The van der Waals surface area contributed by atoms with Crippen LogP contribution in [-0.2, 0) is 20.6 Å². The molecule has 37 heavy (non-hydrogen) atoms. The fourth-order valence-electron chi connectivity index (χ4n) is 4.56. The van der Waals surface area contributed by atoms with Gasteiger partial charge >= 0.3 is 7.60 Å². The van der Waals surface area contributed by atoms with Gasteiger partial charge in [-0.25, -0.2) is 0 Å². The summed E-state index contributed by atoms with van der Waals surface area (Å²) in [4.78, 5) is 18.2. The normalized spacial score (nSPS) is 13.6. The monoisotopic (exact) mass is 604 g/mol. The molecule has 0 aromatic heterocycles. The Bertz CT molecular complexity index is 669. The van der Waals surface area contributed by atoms with E-state index < -0.39 is 7.60 Å². The molecule has 2 unspecified atom stereocenters. The van der Waals surface area contributed by atoms with Crippen LogP contribution < -0.4 is 0 Å². The van der Waals surface area contributed by atoms with E-state index in [0.29, 0.717) is 26.2 Å². The topological polar surface area (TPSA) is 76.0 Å². The van der Waals surface area contributed by atoms with Crippen LogP contribution in [0.1, 0.15) is 122 Å². The van der Waals surface area contributed by atoms with Crippen molar-refractivity contribution in [3.8, 4) is 0 Å². The molecule has 2 N–H and O–H groups in total. The Morgan fingerprint density at radius 1 is 0.784 bits per heavy atom. The summed E-state index contributed by atoms with van der Waals surface area (Å²) in [5, 5.41) is 0. The molecule has 0 aliphatic rings. The van der Waals surface area contributed by atoms with Gasteiger partial charge in [-0.1, -0.05) is 149 Å². The first kappa shape index (κ1) is 34.8. The van der Waals surface area contributed by atoms with Gasteiger partial charge in [-0.05, 0) is 18.4 Å². The lowest BCUT2D eigenvalue weighted by Crippen LogP contribution is -2.25. The van der Waals surface area contributed by atoms with E-state index in [9.17, 15) is 14.4 Å². The number of rotatable bonds is 26. The maximum absolute atomic E-state index is 11.3. The molecule has 0 bridgehead atoms. The van der Waals surface area contributed by atoms with Crippen LogP contribution in [0, 0.1) is 0 Å². The molecule has 5 nitrogen and oxygen atoms in total. The minimum atomic E-state index is -4.06. The van der Waals surface area contributed by atoms with Gasteiger partial charge in [-0.2, -0.15) is 0 Å². The summed E-state index contributed by atoms with van der Waals surface area (Å²) in [5.41, 5.74) is 1.08. The summed E-state index contributed by atoms with van der Waals surface area (Å²) in [6.07, 6.45) is 21.7. The molecule has 0 aliphatic carbocycles. The van der Waals surface area contributed by atoms with Crippen LogP contribution in [0.3, 0.4) is 0 Å². The van der Waals surface area contributed by atoms with Gasteiger partial charge in [0.15, 0.2) is 0 Å². The van der Waals surface area contributed by atoms with Gasteiger partial charge in [0, 0.05) is 11.4 Å². The van der Waals surface area contributed by atoms with Crippen LogP contribution in [0.5, 0.6) is 0 Å². The van der Waals surface area contributed by atoms with Crippen LogP contribution in [0.25, 0.3) is 0 Å². The first-order valence-corrected chi connectivity index (χ1v) is 17.5. The number of benzene rings is 1. The highest BCUT2D eigenvalue weighted by atomic mass is 79.9. The summed E-state index contributed by atoms with van der Waals surface area (Å²) in [6, 6.07) is 9.94. The zero-order chi connectivity index (χ0) is 27.0. The lowest BCUT2D eigenvalue weighted by atomic mass is 10.0. The Hall–Kier alpha value is -0.230. The number of halogens is 1. The number of ether oxygens (including phenoxy) is 2. The minimum Gasteiger partial charge on any atom is -0.379 e. The van der Waals surface area contributed by atoms with Crippen molar-refractivity contribution in [1.29, 1.82) is 0 Å². The quantitative estimate of drug-likeness (QED) is 0.0626. The molecule has 216 valence electrons. The average Bonchev–Trinajstić information content (AvgIpc) is 2.86. The molecule has 0 fully saturated rings. The van der Waals surface area contributed by atoms with Gasteiger partial charge in [0.05, 0.1) is 25.5 Å². The van der Waals surface area contributed by atoms with Crippen LogP contribution in [0.15, 0.2) is 30.3 Å². The second kappa shape index (κ2) is 23.6. The van der Waals surface area contributed by atoms with E-state index in [0.717, 1.165) is 12.0 Å². The van der Waals surface area contributed by atoms with E-state index in [1.54, 1.807) is 0 Å². The highest BCUT2D eigenvalue weighted by Gasteiger charge is 2.23. The van der Waals surface area contributed by atoms with Crippen molar-refractivity contribution < 1.29 is 23.8 Å². The molecule has 0 aliphatic heterocycles. The SMILES string of the molecule is CCCCCCCCCCCCCCCCCCOCC(CC(Br)CP(=O)(O)O)OCc1ccccc1. The largest absolute Gasteiger partial charge is 0.379 e. The molecule has 0 heterocycles. The maximum Gasteiger partial charge on any atom is 0.326 e. The predicted molar refractivity (Wildman–Crippen MR) is 160 cm³/mol. The van der Waals surface area contributed by atoms with Gasteiger partial charge < -0.3 is 19.3 Å². The molecule has 0 amide bonds. The van der Waals surface area contributed by atoms with Crippen molar-refractivity contribution in [1.82, 2.24) is 0 Å². The third-order valence-corrected chi connectivity index (χ3v) is 8.84. The molecule has 0 saturated heterocycles. The minimum absolute atomic E-state index is 0.197. The van der Waals surface area contributed by atoms with Gasteiger partial charge in [0.25, 0.3) is 0 Å². The smallest absolute Gasteiger partial charge is 0.326 e. The van der Waals surface area contributed by atoms with Crippen LogP contribution in [0.2, 0.25) is 0 Å². The lowest BCUT2D eigenvalue weighted by molar-refractivity contribution is -0.0286. The first-order valence-electron chi connectivity index (χ1n) is 14.8. The number of unbranched alkanes of at least 4 members (excludes halogenated alkanes) is 15. The second-order valence-corrected chi connectivity index (χ2v) is 13.5. The van der Waals surface area contributed by atoms with Gasteiger partial charge in [0.2, 0.25) is 0 Å². The molecular weight excluding hydrogens is 551 g/mol. The predicted octanol–water partition coefficient (Wildman–Crippen LogP) is 9.18. The second-order valence-electron chi connectivity index (χ2n) is 10.5. The van der Waals surface area contributed by atoms with Crippen LogP contribution in [-0.4, -0.2) is 40.1 Å². The fraction of sp³-hybridized carbons (Fsp3) is 0.800. The molecule has 0 spiro atoms. The molecule has 1 aromatic carbocycles. The highest BCUT2D eigenvalue weighted by molar-refractivity contribution is 9.09. The summed E-state index contributed by atoms with van der Waals surface area (Å²) in [7, 11) is -4.06. The van der Waals surface area contributed by atoms with Crippen molar-refractivity contribution in [2.45, 2.75) is 134 Å².